The molecule has 0 aromatic heterocycles. The van der Waals surface area contributed by atoms with Gasteiger partial charge in [0.2, 0.25) is 0 Å². The van der Waals surface area contributed by atoms with Crippen molar-refractivity contribution in [3.63, 3.8) is 0 Å². The van der Waals surface area contributed by atoms with Crippen LogP contribution >= 0.6 is 0 Å². The van der Waals surface area contributed by atoms with Gasteiger partial charge in [-0.25, -0.2) is 0 Å². The topological polar surface area (TPSA) is 35.2 Å². The highest BCUT2D eigenvalue weighted by Crippen LogP contribution is 2.43. The molecular weight excluding hydrogens is 186 g/mol. The third-order valence-corrected chi connectivity index (χ3v) is 4.13. The molecule has 1 aliphatic rings. The van der Waals surface area contributed by atoms with Gasteiger partial charge in [0.05, 0.1) is 5.60 Å². The molecule has 0 aromatic carbocycles. The first-order chi connectivity index (χ1) is 6.96. The van der Waals surface area contributed by atoms with E-state index in [4.69, 9.17) is 10.5 Å². The second kappa shape index (κ2) is 4.84. The Labute approximate surface area is 94.6 Å². The van der Waals surface area contributed by atoms with E-state index in [1.165, 1.54) is 12.8 Å². The number of hydrogen-bond donors (Lipinski definition) is 1. The Morgan fingerprint density at radius 3 is 2.13 bits per heavy atom. The number of nitrogens with two attached hydrogens (primary N) is 1. The smallest absolute Gasteiger partial charge is 0.0829 e. The molecule has 2 nitrogen and oxygen atoms in total. The van der Waals surface area contributed by atoms with Crippen LogP contribution < -0.4 is 5.73 Å². The monoisotopic (exact) mass is 213 g/mol. The lowest BCUT2D eigenvalue weighted by Crippen LogP contribution is -2.52. The minimum absolute atomic E-state index is 0.0362. The van der Waals surface area contributed by atoms with Gasteiger partial charge in [0.1, 0.15) is 0 Å². The number of hydrogen-bond acceptors (Lipinski definition) is 2. The van der Waals surface area contributed by atoms with Crippen LogP contribution in [-0.4, -0.2) is 18.8 Å². The number of methoxy groups -OCH3 is 1. The van der Waals surface area contributed by atoms with Gasteiger partial charge in [-0.2, -0.15) is 0 Å². The second-order valence-electron chi connectivity index (χ2n) is 5.83. The van der Waals surface area contributed by atoms with Crippen LogP contribution in [0, 0.1) is 5.41 Å². The minimum atomic E-state index is -0.0362. The third kappa shape index (κ3) is 2.94. The SMILES string of the molecule is CCC[C@H](N)C1(OC)CCC(C)(C)CC1. The Morgan fingerprint density at radius 1 is 1.20 bits per heavy atom. The van der Waals surface area contributed by atoms with Crippen molar-refractivity contribution in [3.05, 3.63) is 0 Å². The van der Waals surface area contributed by atoms with Crippen molar-refractivity contribution in [2.75, 3.05) is 7.11 Å². The number of rotatable bonds is 4. The molecule has 2 heteroatoms. The molecule has 0 aromatic rings. The summed E-state index contributed by atoms with van der Waals surface area (Å²) in [6.07, 6.45) is 6.94. The molecule has 0 aliphatic heterocycles. The average Bonchev–Trinajstić information content (AvgIpc) is 2.19. The lowest BCUT2D eigenvalue weighted by molar-refractivity contribution is -0.0798. The summed E-state index contributed by atoms with van der Waals surface area (Å²) in [6, 6.07) is 0.212. The van der Waals surface area contributed by atoms with Crippen molar-refractivity contribution in [1.29, 1.82) is 0 Å². The molecule has 0 spiro atoms. The highest BCUT2D eigenvalue weighted by atomic mass is 16.5. The summed E-state index contributed by atoms with van der Waals surface area (Å²) < 4.78 is 5.76. The third-order valence-electron chi connectivity index (χ3n) is 4.13. The van der Waals surface area contributed by atoms with E-state index in [1.807, 2.05) is 7.11 Å². The van der Waals surface area contributed by atoms with Gasteiger partial charge >= 0.3 is 0 Å². The van der Waals surface area contributed by atoms with Crippen LogP contribution in [0.25, 0.3) is 0 Å². The minimum Gasteiger partial charge on any atom is -0.377 e. The fourth-order valence-corrected chi connectivity index (χ4v) is 2.65. The van der Waals surface area contributed by atoms with E-state index in [0.29, 0.717) is 5.41 Å². The largest absolute Gasteiger partial charge is 0.377 e. The van der Waals surface area contributed by atoms with Crippen molar-refractivity contribution in [1.82, 2.24) is 0 Å². The zero-order valence-corrected chi connectivity index (χ0v) is 10.8. The first kappa shape index (κ1) is 13.0. The Balaban J connectivity index is 2.63. The lowest BCUT2D eigenvalue weighted by atomic mass is 9.68. The standard InChI is InChI=1S/C13H27NO/c1-5-6-11(14)13(15-4)9-7-12(2,3)8-10-13/h11H,5-10,14H2,1-4H3/t11-/m0/s1. The van der Waals surface area contributed by atoms with Crippen LogP contribution in [0.1, 0.15) is 59.3 Å². The van der Waals surface area contributed by atoms with Crippen LogP contribution in [0.4, 0.5) is 0 Å². The molecule has 1 atom stereocenters. The average molecular weight is 213 g/mol. The summed E-state index contributed by atoms with van der Waals surface area (Å²) in [4.78, 5) is 0. The summed E-state index contributed by atoms with van der Waals surface area (Å²) in [6.45, 7) is 6.88. The zero-order chi connectivity index (χ0) is 11.5. The summed E-state index contributed by atoms with van der Waals surface area (Å²) >= 11 is 0. The Morgan fingerprint density at radius 2 is 1.73 bits per heavy atom. The fourth-order valence-electron chi connectivity index (χ4n) is 2.65. The van der Waals surface area contributed by atoms with E-state index in [-0.39, 0.29) is 11.6 Å². The highest BCUT2D eigenvalue weighted by molar-refractivity contribution is 4.97. The van der Waals surface area contributed by atoms with Crippen LogP contribution in [-0.2, 0) is 4.74 Å². The maximum atomic E-state index is 6.27. The zero-order valence-electron chi connectivity index (χ0n) is 10.8. The Bertz CT molecular complexity index is 191. The molecule has 0 heterocycles. The van der Waals surface area contributed by atoms with Crippen molar-refractivity contribution in [3.8, 4) is 0 Å². The molecule has 1 rings (SSSR count). The van der Waals surface area contributed by atoms with E-state index in [2.05, 4.69) is 20.8 Å². The number of ether oxygens (including phenoxy) is 1. The van der Waals surface area contributed by atoms with E-state index in [0.717, 1.165) is 25.7 Å². The van der Waals surface area contributed by atoms with E-state index in [9.17, 15) is 0 Å². The quantitative estimate of drug-likeness (QED) is 0.779. The van der Waals surface area contributed by atoms with E-state index < -0.39 is 0 Å². The van der Waals surface area contributed by atoms with Gasteiger partial charge in [-0.05, 0) is 37.5 Å². The van der Waals surface area contributed by atoms with Gasteiger partial charge in [0.25, 0.3) is 0 Å². The van der Waals surface area contributed by atoms with Gasteiger partial charge in [-0.3, -0.25) is 0 Å². The maximum Gasteiger partial charge on any atom is 0.0829 e. The first-order valence-corrected chi connectivity index (χ1v) is 6.26. The Kier molecular flexibility index (Phi) is 4.19. The molecule has 0 radical (unpaired) electrons. The van der Waals surface area contributed by atoms with E-state index >= 15 is 0 Å². The predicted molar refractivity (Wildman–Crippen MR) is 64.9 cm³/mol. The molecule has 0 unspecified atom stereocenters. The molecule has 0 amide bonds. The summed E-state index contributed by atoms with van der Waals surface area (Å²) in [5, 5.41) is 0. The molecule has 0 saturated heterocycles. The fraction of sp³-hybridized carbons (Fsp3) is 1.00. The van der Waals surface area contributed by atoms with E-state index in [1.54, 1.807) is 0 Å². The summed E-state index contributed by atoms with van der Waals surface area (Å²) in [7, 11) is 1.83. The summed E-state index contributed by atoms with van der Waals surface area (Å²) in [5.41, 5.74) is 6.71. The molecule has 90 valence electrons. The van der Waals surface area contributed by atoms with Crippen molar-refractivity contribution >= 4 is 0 Å². The lowest BCUT2D eigenvalue weighted by Gasteiger charge is -2.46. The highest BCUT2D eigenvalue weighted by Gasteiger charge is 2.42. The van der Waals surface area contributed by atoms with Crippen LogP contribution in [0.15, 0.2) is 0 Å². The molecular formula is C13H27NO. The maximum absolute atomic E-state index is 6.27. The van der Waals surface area contributed by atoms with Gasteiger partial charge < -0.3 is 10.5 Å². The van der Waals surface area contributed by atoms with Crippen molar-refractivity contribution in [2.45, 2.75) is 70.9 Å². The molecule has 2 N–H and O–H groups in total. The normalized spacial score (nSPS) is 26.2. The second-order valence-corrected chi connectivity index (χ2v) is 5.83. The Hall–Kier alpha value is -0.0800. The van der Waals surface area contributed by atoms with Crippen LogP contribution in [0.2, 0.25) is 0 Å². The van der Waals surface area contributed by atoms with Crippen LogP contribution in [0.3, 0.4) is 0 Å². The summed E-state index contributed by atoms with van der Waals surface area (Å²) in [5.74, 6) is 0. The van der Waals surface area contributed by atoms with Gasteiger partial charge in [-0.15, -0.1) is 0 Å². The van der Waals surface area contributed by atoms with Gasteiger partial charge in [0.15, 0.2) is 0 Å². The van der Waals surface area contributed by atoms with Gasteiger partial charge in [-0.1, -0.05) is 27.2 Å². The molecule has 1 saturated carbocycles. The first-order valence-electron chi connectivity index (χ1n) is 6.26. The predicted octanol–water partition coefficient (Wildman–Crippen LogP) is 3.10. The van der Waals surface area contributed by atoms with Gasteiger partial charge in [0, 0.05) is 13.2 Å². The molecule has 1 fully saturated rings. The molecule has 0 bridgehead atoms. The van der Waals surface area contributed by atoms with Crippen molar-refractivity contribution in [2.24, 2.45) is 11.1 Å². The van der Waals surface area contributed by atoms with Crippen molar-refractivity contribution < 1.29 is 4.74 Å². The molecule has 1 aliphatic carbocycles. The molecule has 15 heavy (non-hydrogen) atoms. The van der Waals surface area contributed by atoms with Crippen LogP contribution in [0.5, 0.6) is 0 Å².